The molecule has 3 rings (SSSR count). The van der Waals surface area contributed by atoms with E-state index in [9.17, 15) is 9.59 Å². The second kappa shape index (κ2) is 9.47. The van der Waals surface area contributed by atoms with Gasteiger partial charge in [0.25, 0.3) is 5.91 Å². The lowest BCUT2D eigenvalue weighted by Gasteiger charge is -2.32. The zero-order valence-electron chi connectivity index (χ0n) is 15.1. The largest absolute Gasteiger partial charge is 0.304 e. The molecule has 0 saturated carbocycles. The van der Waals surface area contributed by atoms with Gasteiger partial charge >= 0.3 is 0 Å². The van der Waals surface area contributed by atoms with Crippen LogP contribution in [0.4, 0.5) is 0 Å². The maximum atomic E-state index is 12.8. The van der Waals surface area contributed by atoms with E-state index in [4.69, 9.17) is 47.0 Å². The van der Waals surface area contributed by atoms with Gasteiger partial charge in [0.05, 0.1) is 15.3 Å². The van der Waals surface area contributed by atoms with Crippen molar-refractivity contribution in [3.05, 3.63) is 32.8 Å². The highest BCUT2D eigenvalue weighted by Gasteiger charge is 2.38. The number of carbonyl (C=O) groups excluding carboxylic acids is 2. The molecule has 1 aromatic rings. The highest BCUT2D eigenvalue weighted by atomic mass is 35.5. The van der Waals surface area contributed by atoms with Gasteiger partial charge in [0, 0.05) is 31.2 Å². The third-order valence-electron chi connectivity index (χ3n) is 4.62. The first-order valence-corrected chi connectivity index (χ1v) is 11.1. The fraction of sp³-hybridized carbons (Fsp3) is 0.471. The number of hydrogen-bond donors (Lipinski definition) is 1. The Morgan fingerprint density at radius 3 is 2.54 bits per heavy atom. The second-order valence-electron chi connectivity index (χ2n) is 6.65. The summed E-state index contributed by atoms with van der Waals surface area (Å²) in [7, 11) is 2.04. The molecule has 1 atom stereocenters. The van der Waals surface area contributed by atoms with E-state index in [0.29, 0.717) is 31.4 Å². The number of carbonyl (C=O) groups is 2. The van der Waals surface area contributed by atoms with Crippen molar-refractivity contribution in [2.45, 2.75) is 11.7 Å². The van der Waals surface area contributed by atoms with Gasteiger partial charge in [-0.25, -0.2) is 5.01 Å². The molecule has 6 nitrogen and oxygen atoms in total. The summed E-state index contributed by atoms with van der Waals surface area (Å²) in [6, 6.07) is 3.26. The van der Waals surface area contributed by atoms with Crippen LogP contribution in [0.25, 0.3) is 0 Å². The van der Waals surface area contributed by atoms with Gasteiger partial charge in [-0.2, -0.15) is 0 Å². The van der Waals surface area contributed by atoms with Gasteiger partial charge in [-0.05, 0) is 31.2 Å². The van der Waals surface area contributed by atoms with Crippen LogP contribution in [-0.4, -0.2) is 76.0 Å². The first-order chi connectivity index (χ1) is 13.3. The minimum atomic E-state index is -0.489. The van der Waals surface area contributed by atoms with Crippen molar-refractivity contribution in [2.24, 2.45) is 0 Å². The van der Waals surface area contributed by atoms with Gasteiger partial charge in [-0.15, -0.1) is 0 Å². The van der Waals surface area contributed by atoms with Crippen LogP contribution >= 0.6 is 58.8 Å². The molecule has 11 heteroatoms. The van der Waals surface area contributed by atoms with Crippen LogP contribution in [0.1, 0.15) is 5.56 Å². The predicted molar refractivity (Wildman–Crippen MR) is 118 cm³/mol. The van der Waals surface area contributed by atoms with E-state index in [1.54, 1.807) is 12.1 Å². The van der Waals surface area contributed by atoms with E-state index < -0.39 is 5.25 Å². The van der Waals surface area contributed by atoms with Gasteiger partial charge in [-0.3, -0.25) is 19.9 Å². The molecule has 0 aromatic heterocycles. The quantitative estimate of drug-likeness (QED) is 0.515. The molecule has 152 valence electrons. The van der Waals surface area contributed by atoms with Crippen LogP contribution in [0.3, 0.4) is 0 Å². The van der Waals surface area contributed by atoms with Crippen molar-refractivity contribution in [1.29, 1.82) is 0 Å². The molecular formula is C17H19Cl3N4O2S2. The van der Waals surface area contributed by atoms with Crippen LogP contribution < -0.4 is 5.43 Å². The number of hydrazine groups is 1. The molecule has 0 bridgehead atoms. The number of benzene rings is 1. The number of nitrogens with zero attached hydrogens (tertiary/aromatic N) is 3. The molecule has 0 radical (unpaired) electrons. The van der Waals surface area contributed by atoms with E-state index in [-0.39, 0.29) is 18.4 Å². The summed E-state index contributed by atoms with van der Waals surface area (Å²) in [5.74, 6) is -0.490. The molecule has 2 fully saturated rings. The van der Waals surface area contributed by atoms with Gasteiger partial charge in [0.1, 0.15) is 10.9 Å². The average Bonchev–Trinajstić information content (AvgIpc) is 2.91. The summed E-state index contributed by atoms with van der Waals surface area (Å²) in [6.45, 7) is 3.12. The second-order valence-corrected chi connectivity index (χ2v) is 9.68. The molecule has 2 heterocycles. The number of hydrogen-bond acceptors (Lipinski definition) is 6. The lowest BCUT2D eigenvalue weighted by atomic mass is 10.1. The molecule has 2 saturated heterocycles. The Labute approximate surface area is 188 Å². The first-order valence-electron chi connectivity index (χ1n) is 8.63. The monoisotopic (exact) mass is 480 g/mol. The molecule has 0 spiro atoms. The van der Waals surface area contributed by atoms with Crippen molar-refractivity contribution in [3.8, 4) is 0 Å². The Hall–Kier alpha value is -0.610. The highest BCUT2D eigenvalue weighted by Crippen LogP contribution is 2.36. The summed E-state index contributed by atoms with van der Waals surface area (Å²) in [5, 5.41) is 2.53. The van der Waals surface area contributed by atoms with Crippen LogP contribution in [0.15, 0.2) is 12.1 Å². The third kappa shape index (κ3) is 5.11. The normalized spacial score (nSPS) is 21.4. The Kier molecular flexibility index (Phi) is 7.47. The zero-order chi connectivity index (χ0) is 20.4. The van der Waals surface area contributed by atoms with Gasteiger partial charge in [0.2, 0.25) is 5.91 Å². The summed E-state index contributed by atoms with van der Waals surface area (Å²) in [6.07, 6.45) is 0.290. The SMILES string of the molecule is CN1CCN(NC(=O)CN2C(=O)C(Cc3c(Cl)ccc(Cl)c3Cl)SC2=S)CC1. The summed E-state index contributed by atoms with van der Waals surface area (Å²) < 4.78 is 0.373. The highest BCUT2D eigenvalue weighted by molar-refractivity contribution is 8.24. The molecule has 2 aliphatic heterocycles. The van der Waals surface area contributed by atoms with E-state index in [0.717, 1.165) is 26.2 Å². The smallest absolute Gasteiger partial charge is 0.254 e. The average molecular weight is 482 g/mol. The fourth-order valence-corrected chi connectivity index (χ4v) is 5.19. The third-order valence-corrected chi connectivity index (χ3v) is 7.40. The molecule has 28 heavy (non-hydrogen) atoms. The van der Waals surface area contributed by atoms with Crippen molar-refractivity contribution in [2.75, 3.05) is 39.8 Å². The maximum Gasteiger partial charge on any atom is 0.254 e. The predicted octanol–water partition coefficient (Wildman–Crippen LogP) is 2.70. The van der Waals surface area contributed by atoms with E-state index >= 15 is 0 Å². The molecule has 0 aliphatic carbocycles. The van der Waals surface area contributed by atoms with E-state index in [1.165, 1.54) is 16.7 Å². The molecule has 1 N–H and O–H groups in total. The molecular weight excluding hydrogens is 463 g/mol. The van der Waals surface area contributed by atoms with Crippen molar-refractivity contribution < 1.29 is 9.59 Å². The van der Waals surface area contributed by atoms with Crippen LogP contribution in [0.5, 0.6) is 0 Å². The van der Waals surface area contributed by atoms with Crippen LogP contribution in [0, 0.1) is 0 Å². The Bertz CT molecular complexity index is 803. The summed E-state index contributed by atoms with van der Waals surface area (Å²) >= 11 is 25.1. The summed E-state index contributed by atoms with van der Waals surface area (Å²) in [5.41, 5.74) is 3.45. The lowest BCUT2D eigenvalue weighted by molar-refractivity contribution is -0.133. The first kappa shape index (κ1) is 22.1. The molecule has 2 amide bonds. The minimum Gasteiger partial charge on any atom is -0.304 e. The van der Waals surface area contributed by atoms with E-state index in [1.807, 2.05) is 12.1 Å². The fourth-order valence-electron chi connectivity index (χ4n) is 2.99. The molecule has 1 aromatic carbocycles. The number of rotatable bonds is 5. The number of thioether (sulfide) groups is 1. The molecule has 1 unspecified atom stereocenters. The minimum absolute atomic E-state index is 0.107. The van der Waals surface area contributed by atoms with Crippen molar-refractivity contribution >= 4 is 74.9 Å². The topological polar surface area (TPSA) is 55.9 Å². The standard InChI is InChI=1S/C17H19Cl3N4O2S2/c1-22-4-6-23(7-5-22)21-14(25)9-24-16(26)13(28-17(24)27)8-10-11(18)2-3-12(19)15(10)20/h2-3,13H,4-9H2,1H3,(H,21,25). The van der Waals surface area contributed by atoms with Crippen LogP contribution in [-0.2, 0) is 16.0 Å². The van der Waals surface area contributed by atoms with Crippen LogP contribution in [0.2, 0.25) is 15.1 Å². The number of thiocarbonyl (C=S) groups is 1. The van der Waals surface area contributed by atoms with Gasteiger partial charge in [-0.1, -0.05) is 58.8 Å². The number of piperazine rings is 1. The number of likely N-dealkylation sites (N-methyl/N-ethyl adjacent to an activating group) is 1. The van der Waals surface area contributed by atoms with Gasteiger partial charge < -0.3 is 4.90 Å². The van der Waals surface area contributed by atoms with Crippen molar-refractivity contribution in [1.82, 2.24) is 20.2 Å². The van der Waals surface area contributed by atoms with Gasteiger partial charge in [0.15, 0.2) is 0 Å². The van der Waals surface area contributed by atoms with Crippen molar-refractivity contribution in [3.63, 3.8) is 0 Å². The Morgan fingerprint density at radius 1 is 1.21 bits per heavy atom. The number of halogens is 3. The summed E-state index contributed by atoms with van der Waals surface area (Å²) in [4.78, 5) is 28.7. The Balaban J connectivity index is 1.61. The lowest BCUT2D eigenvalue weighted by Crippen LogP contribution is -2.54. The van der Waals surface area contributed by atoms with E-state index in [2.05, 4.69) is 10.3 Å². The number of amides is 2. The number of nitrogens with one attached hydrogen (secondary N) is 1. The maximum absolute atomic E-state index is 12.8. The Morgan fingerprint density at radius 2 is 1.86 bits per heavy atom. The zero-order valence-corrected chi connectivity index (χ0v) is 19.0. The molecule has 2 aliphatic rings.